The predicted octanol–water partition coefficient (Wildman–Crippen LogP) is -1.64. The van der Waals surface area contributed by atoms with Crippen molar-refractivity contribution in [3.63, 3.8) is 0 Å². The van der Waals surface area contributed by atoms with Crippen molar-refractivity contribution < 1.29 is 24.8 Å². The van der Waals surface area contributed by atoms with Crippen LogP contribution in [0.4, 0.5) is 0 Å². The highest BCUT2D eigenvalue weighted by molar-refractivity contribution is 4.74. The van der Waals surface area contributed by atoms with E-state index in [9.17, 15) is 5.11 Å². The lowest BCUT2D eigenvalue weighted by Gasteiger charge is -2.21. The van der Waals surface area contributed by atoms with Gasteiger partial charge in [0.1, 0.15) is 18.3 Å². The molecule has 0 aliphatic carbocycles. The van der Waals surface area contributed by atoms with Crippen LogP contribution in [0.5, 0.6) is 0 Å². The molecule has 74 valence electrons. The summed E-state index contributed by atoms with van der Waals surface area (Å²) in [5.74, 6) is 0. The van der Waals surface area contributed by atoms with E-state index >= 15 is 0 Å². The highest BCUT2D eigenvalue weighted by atomic mass is 16.5. The molecule has 5 heteroatoms. The fourth-order valence-electron chi connectivity index (χ4n) is 0.795. The van der Waals surface area contributed by atoms with Crippen LogP contribution in [0.15, 0.2) is 0 Å². The normalized spacial score (nSPS) is 18.8. The van der Waals surface area contributed by atoms with Gasteiger partial charge in [-0.1, -0.05) is 0 Å². The lowest BCUT2D eigenvalue weighted by atomic mass is 10.1. The number of aliphatic hydroxyl groups is 3. The van der Waals surface area contributed by atoms with Gasteiger partial charge in [-0.2, -0.15) is 0 Å². The second-order valence-electron chi connectivity index (χ2n) is 2.54. The van der Waals surface area contributed by atoms with Crippen molar-refractivity contribution >= 4 is 0 Å². The van der Waals surface area contributed by atoms with E-state index in [0.29, 0.717) is 0 Å². The van der Waals surface area contributed by atoms with E-state index in [1.54, 1.807) is 0 Å². The minimum absolute atomic E-state index is 0.0120. The average molecular weight is 180 g/mol. The van der Waals surface area contributed by atoms with Gasteiger partial charge >= 0.3 is 0 Å². The van der Waals surface area contributed by atoms with Crippen LogP contribution in [0.2, 0.25) is 0 Å². The molecule has 0 saturated carbocycles. The van der Waals surface area contributed by atoms with Crippen LogP contribution in [0.3, 0.4) is 0 Å². The van der Waals surface area contributed by atoms with Crippen molar-refractivity contribution in [1.82, 2.24) is 0 Å². The maximum atomic E-state index is 9.19. The SMILES string of the molecule is COCC(O)C(O)[C@H](O)COC. The first kappa shape index (κ1) is 11.8. The van der Waals surface area contributed by atoms with Crippen LogP contribution in [0.25, 0.3) is 0 Å². The van der Waals surface area contributed by atoms with Gasteiger partial charge < -0.3 is 24.8 Å². The number of aliphatic hydroxyl groups excluding tert-OH is 3. The Balaban J connectivity index is 3.73. The zero-order valence-electron chi connectivity index (χ0n) is 7.30. The fraction of sp³-hybridized carbons (Fsp3) is 1.00. The van der Waals surface area contributed by atoms with E-state index in [0.717, 1.165) is 0 Å². The van der Waals surface area contributed by atoms with E-state index < -0.39 is 18.3 Å². The average Bonchev–Trinajstić information content (AvgIpc) is 2.04. The van der Waals surface area contributed by atoms with Crippen LogP contribution >= 0.6 is 0 Å². The Labute approximate surface area is 71.5 Å². The van der Waals surface area contributed by atoms with Crippen LogP contribution in [-0.4, -0.2) is 61.1 Å². The van der Waals surface area contributed by atoms with E-state index in [-0.39, 0.29) is 13.2 Å². The number of hydrogen-bond acceptors (Lipinski definition) is 5. The Hall–Kier alpha value is -0.200. The second-order valence-corrected chi connectivity index (χ2v) is 2.54. The predicted molar refractivity (Wildman–Crippen MR) is 41.8 cm³/mol. The third kappa shape index (κ3) is 3.99. The summed E-state index contributed by atoms with van der Waals surface area (Å²) in [7, 11) is 2.80. The summed E-state index contributed by atoms with van der Waals surface area (Å²) in [6.45, 7) is -0.0239. The maximum Gasteiger partial charge on any atom is 0.110 e. The van der Waals surface area contributed by atoms with Crippen LogP contribution < -0.4 is 0 Å². The summed E-state index contributed by atoms with van der Waals surface area (Å²) in [5.41, 5.74) is 0. The smallest absolute Gasteiger partial charge is 0.110 e. The van der Waals surface area contributed by atoms with E-state index in [1.165, 1.54) is 14.2 Å². The lowest BCUT2D eigenvalue weighted by Crippen LogP contribution is -2.42. The molecule has 12 heavy (non-hydrogen) atoms. The first-order valence-corrected chi connectivity index (χ1v) is 3.65. The molecule has 0 spiro atoms. The van der Waals surface area contributed by atoms with Crippen LogP contribution in [0.1, 0.15) is 0 Å². The molecule has 0 aliphatic heterocycles. The number of rotatable bonds is 6. The quantitative estimate of drug-likeness (QED) is 0.457. The molecule has 0 aromatic carbocycles. The summed E-state index contributed by atoms with van der Waals surface area (Å²) < 4.78 is 9.18. The van der Waals surface area contributed by atoms with Crippen molar-refractivity contribution in [2.24, 2.45) is 0 Å². The molecule has 2 unspecified atom stereocenters. The minimum Gasteiger partial charge on any atom is -0.388 e. The summed E-state index contributed by atoms with van der Waals surface area (Å²) in [6, 6.07) is 0. The van der Waals surface area contributed by atoms with Gasteiger partial charge in [0.25, 0.3) is 0 Å². The molecule has 0 fully saturated rings. The molecule has 0 rings (SSSR count). The van der Waals surface area contributed by atoms with Crippen molar-refractivity contribution in [3.05, 3.63) is 0 Å². The highest BCUT2D eigenvalue weighted by Gasteiger charge is 2.24. The van der Waals surface area contributed by atoms with Crippen LogP contribution in [0, 0.1) is 0 Å². The minimum atomic E-state index is -1.23. The van der Waals surface area contributed by atoms with Crippen molar-refractivity contribution in [2.45, 2.75) is 18.3 Å². The van der Waals surface area contributed by atoms with Crippen molar-refractivity contribution in [2.75, 3.05) is 27.4 Å². The largest absolute Gasteiger partial charge is 0.388 e. The zero-order chi connectivity index (χ0) is 9.56. The van der Waals surface area contributed by atoms with Crippen LogP contribution in [-0.2, 0) is 9.47 Å². The maximum absolute atomic E-state index is 9.19. The molecule has 3 N–H and O–H groups in total. The topological polar surface area (TPSA) is 79.2 Å². The molecule has 0 saturated heterocycles. The van der Waals surface area contributed by atoms with Gasteiger partial charge in [0.15, 0.2) is 0 Å². The number of ether oxygens (including phenoxy) is 2. The highest BCUT2D eigenvalue weighted by Crippen LogP contribution is 2.00. The first-order chi connectivity index (χ1) is 5.63. The summed E-state index contributed by atoms with van der Waals surface area (Å²) in [4.78, 5) is 0. The Morgan fingerprint density at radius 1 is 0.917 bits per heavy atom. The Kier molecular flexibility index (Phi) is 6.23. The third-order valence-corrected chi connectivity index (χ3v) is 1.46. The molecule has 0 amide bonds. The molecule has 3 atom stereocenters. The third-order valence-electron chi connectivity index (χ3n) is 1.46. The van der Waals surface area contributed by atoms with Gasteiger partial charge in [0, 0.05) is 14.2 Å². The summed E-state index contributed by atoms with van der Waals surface area (Å²) in [6.07, 6.45) is -3.40. The van der Waals surface area contributed by atoms with E-state index in [2.05, 4.69) is 9.47 Å². The van der Waals surface area contributed by atoms with E-state index in [4.69, 9.17) is 10.2 Å². The molecule has 5 nitrogen and oxygen atoms in total. The Morgan fingerprint density at radius 2 is 1.25 bits per heavy atom. The van der Waals surface area contributed by atoms with Gasteiger partial charge in [0.2, 0.25) is 0 Å². The number of hydrogen-bond donors (Lipinski definition) is 3. The first-order valence-electron chi connectivity index (χ1n) is 3.65. The lowest BCUT2D eigenvalue weighted by molar-refractivity contribution is -0.0991. The molecule has 0 bridgehead atoms. The Bertz CT molecular complexity index is 96.0. The summed E-state index contributed by atoms with van der Waals surface area (Å²) >= 11 is 0. The number of methoxy groups -OCH3 is 2. The Morgan fingerprint density at radius 3 is 1.50 bits per heavy atom. The van der Waals surface area contributed by atoms with Crippen molar-refractivity contribution in [1.29, 1.82) is 0 Å². The standard InChI is InChI=1S/C7H16O5/c1-11-3-5(8)7(10)6(9)4-12-2/h5-10H,3-4H2,1-2H3/t5-,6?,7?/m1/s1. The van der Waals surface area contributed by atoms with Gasteiger partial charge in [-0.3, -0.25) is 0 Å². The molecule has 0 aromatic rings. The molecule has 0 heterocycles. The van der Waals surface area contributed by atoms with Gasteiger partial charge in [-0.15, -0.1) is 0 Å². The zero-order valence-corrected chi connectivity index (χ0v) is 7.30. The van der Waals surface area contributed by atoms with E-state index in [1.807, 2.05) is 0 Å². The molecule has 0 aliphatic rings. The molecular formula is C7H16O5. The van der Waals surface area contributed by atoms with Gasteiger partial charge in [-0.05, 0) is 0 Å². The molecule has 0 radical (unpaired) electrons. The monoisotopic (exact) mass is 180 g/mol. The fourth-order valence-corrected chi connectivity index (χ4v) is 0.795. The van der Waals surface area contributed by atoms with Crippen molar-refractivity contribution in [3.8, 4) is 0 Å². The summed E-state index contributed by atoms with van der Waals surface area (Å²) in [5, 5.41) is 27.4. The van der Waals surface area contributed by atoms with Gasteiger partial charge in [0.05, 0.1) is 13.2 Å². The second kappa shape index (κ2) is 6.33. The van der Waals surface area contributed by atoms with Gasteiger partial charge in [-0.25, -0.2) is 0 Å². The molecular weight excluding hydrogens is 164 g/mol. The molecule has 0 aromatic heterocycles.